The van der Waals surface area contributed by atoms with Crippen LogP contribution in [0.1, 0.15) is 23.3 Å². The quantitative estimate of drug-likeness (QED) is 0.784. The Hall–Kier alpha value is -2.81. The maximum Gasteiger partial charge on any atom is 0.358 e. The molecule has 1 aliphatic heterocycles. The van der Waals surface area contributed by atoms with Crippen molar-refractivity contribution in [1.29, 1.82) is 0 Å². The van der Waals surface area contributed by atoms with Gasteiger partial charge >= 0.3 is 5.97 Å². The summed E-state index contributed by atoms with van der Waals surface area (Å²) in [6.45, 7) is 0.330. The van der Waals surface area contributed by atoms with Crippen LogP contribution in [0.5, 0.6) is 0 Å². The fourth-order valence-corrected chi connectivity index (χ4v) is 3.62. The van der Waals surface area contributed by atoms with E-state index in [0.717, 1.165) is 0 Å². The number of ether oxygens (including phenoxy) is 1. The van der Waals surface area contributed by atoms with Crippen molar-refractivity contribution in [3.8, 4) is 10.6 Å². The van der Waals surface area contributed by atoms with E-state index in [-0.39, 0.29) is 29.9 Å². The Bertz CT molecular complexity index is 853. The number of benzene rings is 1. The Morgan fingerprint density at radius 3 is 2.74 bits per heavy atom. The van der Waals surface area contributed by atoms with Crippen molar-refractivity contribution in [2.75, 3.05) is 19.7 Å². The number of nitrogens with two attached hydrogens (primary N) is 1. The second-order valence-electron chi connectivity index (χ2n) is 6.20. The van der Waals surface area contributed by atoms with Crippen LogP contribution in [0.15, 0.2) is 29.6 Å². The Balaban J connectivity index is 1.55. The van der Waals surface area contributed by atoms with Crippen LogP contribution >= 0.6 is 11.3 Å². The van der Waals surface area contributed by atoms with Gasteiger partial charge in [-0.1, -0.05) is 0 Å². The molecule has 1 fully saturated rings. The van der Waals surface area contributed by atoms with E-state index in [1.54, 1.807) is 12.1 Å². The number of nitrogens with zero attached hydrogens (tertiary/aromatic N) is 2. The Morgan fingerprint density at radius 1 is 1.30 bits per heavy atom. The highest BCUT2D eigenvalue weighted by molar-refractivity contribution is 7.13. The molecule has 1 aromatic carbocycles. The van der Waals surface area contributed by atoms with Gasteiger partial charge in [-0.05, 0) is 37.1 Å². The van der Waals surface area contributed by atoms with Crippen LogP contribution in [-0.4, -0.2) is 47.4 Å². The molecule has 2 N–H and O–H groups in total. The van der Waals surface area contributed by atoms with Crippen LogP contribution in [0, 0.1) is 11.7 Å². The molecule has 0 spiro atoms. The predicted octanol–water partition coefficient (Wildman–Crippen LogP) is 1.83. The number of hydrogen-bond donors (Lipinski definition) is 1. The summed E-state index contributed by atoms with van der Waals surface area (Å²) in [5.41, 5.74) is 6.06. The van der Waals surface area contributed by atoms with E-state index in [1.165, 1.54) is 33.7 Å². The minimum atomic E-state index is -0.712. The number of amides is 2. The van der Waals surface area contributed by atoms with Crippen molar-refractivity contribution in [3.05, 3.63) is 41.2 Å². The van der Waals surface area contributed by atoms with Crippen molar-refractivity contribution < 1.29 is 23.5 Å². The Morgan fingerprint density at radius 2 is 2.04 bits per heavy atom. The normalized spacial score (nSPS) is 16.8. The first-order valence-electron chi connectivity index (χ1n) is 8.39. The third kappa shape index (κ3) is 4.68. The lowest BCUT2D eigenvalue weighted by Crippen LogP contribution is -2.45. The zero-order valence-corrected chi connectivity index (χ0v) is 15.2. The molecule has 9 heteroatoms. The molecule has 2 heterocycles. The van der Waals surface area contributed by atoms with E-state index < -0.39 is 18.5 Å². The number of rotatable bonds is 5. The number of esters is 1. The molecule has 3 rings (SSSR count). The van der Waals surface area contributed by atoms with Gasteiger partial charge in [-0.3, -0.25) is 9.59 Å². The minimum absolute atomic E-state index is 0.0841. The molecule has 142 valence electrons. The molecule has 0 radical (unpaired) electrons. The first-order chi connectivity index (χ1) is 12.9. The van der Waals surface area contributed by atoms with Gasteiger partial charge in [0, 0.05) is 24.0 Å². The van der Waals surface area contributed by atoms with Gasteiger partial charge in [-0.15, -0.1) is 11.3 Å². The second kappa shape index (κ2) is 8.26. The summed E-state index contributed by atoms with van der Waals surface area (Å²) < 4.78 is 18.0. The van der Waals surface area contributed by atoms with Gasteiger partial charge in [0.2, 0.25) is 5.91 Å². The summed E-state index contributed by atoms with van der Waals surface area (Å²) in [5, 5.41) is 2.07. The van der Waals surface area contributed by atoms with E-state index in [2.05, 4.69) is 4.98 Å². The zero-order valence-electron chi connectivity index (χ0n) is 14.4. The molecule has 2 amide bonds. The highest BCUT2D eigenvalue weighted by Crippen LogP contribution is 2.24. The van der Waals surface area contributed by atoms with Gasteiger partial charge in [-0.25, -0.2) is 14.2 Å². The largest absolute Gasteiger partial charge is 0.451 e. The third-order valence-electron chi connectivity index (χ3n) is 4.31. The molecular formula is C18H18FN3O4S. The summed E-state index contributed by atoms with van der Waals surface area (Å²) in [4.78, 5) is 41.3. The smallest absolute Gasteiger partial charge is 0.358 e. The lowest BCUT2D eigenvalue weighted by Gasteiger charge is -2.30. The number of primary amides is 1. The molecule has 0 saturated carbocycles. The number of carbonyl (C=O) groups excluding carboxylic acids is 3. The van der Waals surface area contributed by atoms with E-state index in [4.69, 9.17) is 10.5 Å². The van der Waals surface area contributed by atoms with Crippen LogP contribution in [0.4, 0.5) is 4.39 Å². The summed E-state index contributed by atoms with van der Waals surface area (Å²) in [6.07, 6.45) is 1.34. The molecule has 1 aliphatic rings. The van der Waals surface area contributed by atoms with Crippen molar-refractivity contribution in [1.82, 2.24) is 9.88 Å². The minimum Gasteiger partial charge on any atom is -0.451 e. The van der Waals surface area contributed by atoms with Gasteiger partial charge in [0.25, 0.3) is 5.91 Å². The van der Waals surface area contributed by atoms with E-state index in [1.807, 2.05) is 0 Å². The van der Waals surface area contributed by atoms with Crippen LogP contribution < -0.4 is 5.73 Å². The average molecular weight is 391 g/mol. The molecule has 27 heavy (non-hydrogen) atoms. The topological polar surface area (TPSA) is 103 Å². The molecule has 7 nitrogen and oxygen atoms in total. The number of thiazole rings is 1. The predicted molar refractivity (Wildman–Crippen MR) is 96.3 cm³/mol. The number of likely N-dealkylation sites (tertiary alicyclic amines) is 1. The fourth-order valence-electron chi connectivity index (χ4n) is 2.82. The molecule has 1 atom stereocenters. The molecule has 1 aromatic heterocycles. The van der Waals surface area contributed by atoms with E-state index >= 15 is 0 Å². The molecular weight excluding hydrogens is 373 g/mol. The van der Waals surface area contributed by atoms with Gasteiger partial charge in [-0.2, -0.15) is 0 Å². The number of halogens is 1. The Labute approximate surface area is 158 Å². The molecule has 0 unspecified atom stereocenters. The lowest BCUT2D eigenvalue weighted by molar-refractivity contribution is -0.137. The molecule has 0 bridgehead atoms. The molecule has 1 saturated heterocycles. The number of carbonyl (C=O) groups is 3. The van der Waals surface area contributed by atoms with Crippen molar-refractivity contribution >= 4 is 29.1 Å². The first-order valence-corrected chi connectivity index (χ1v) is 9.27. The van der Waals surface area contributed by atoms with Crippen molar-refractivity contribution in [2.45, 2.75) is 12.8 Å². The maximum atomic E-state index is 13.0. The fraction of sp³-hybridized carbons (Fsp3) is 0.333. The van der Waals surface area contributed by atoms with Crippen LogP contribution in [0.3, 0.4) is 0 Å². The summed E-state index contributed by atoms with van der Waals surface area (Å²) in [5.74, 6) is -2.24. The van der Waals surface area contributed by atoms with Crippen LogP contribution in [-0.2, 0) is 14.3 Å². The van der Waals surface area contributed by atoms with E-state index in [9.17, 15) is 18.8 Å². The number of aromatic nitrogens is 1. The average Bonchev–Trinajstić information content (AvgIpc) is 3.16. The molecule has 0 aliphatic carbocycles. The van der Waals surface area contributed by atoms with Gasteiger partial charge < -0.3 is 15.4 Å². The van der Waals surface area contributed by atoms with Crippen LogP contribution in [0.2, 0.25) is 0 Å². The number of piperidine rings is 1. The first kappa shape index (κ1) is 19.0. The van der Waals surface area contributed by atoms with Gasteiger partial charge in [0.1, 0.15) is 10.8 Å². The Kier molecular flexibility index (Phi) is 5.80. The standard InChI is InChI=1S/C18H18FN3O4S/c19-13-5-3-11(4-6-13)17-21-14(10-27-17)18(25)26-9-15(23)22-7-1-2-12(8-22)16(20)24/h3-6,10,12H,1-2,7-9H2,(H2,20,24)/t12-/m1/s1. The van der Waals surface area contributed by atoms with E-state index in [0.29, 0.717) is 30.0 Å². The van der Waals surface area contributed by atoms with Gasteiger partial charge in [0.05, 0.1) is 5.92 Å². The summed E-state index contributed by atoms with van der Waals surface area (Å²) in [6, 6.07) is 5.76. The van der Waals surface area contributed by atoms with Crippen molar-refractivity contribution in [2.24, 2.45) is 11.7 Å². The van der Waals surface area contributed by atoms with Crippen molar-refractivity contribution in [3.63, 3.8) is 0 Å². The SMILES string of the molecule is NC(=O)[C@@H]1CCCN(C(=O)COC(=O)c2csc(-c3ccc(F)cc3)n2)C1. The number of hydrogen-bond acceptors (Lipinski definition) is 6. The van der Waals surface area contributed by atoms with Gasteiger partial charge in [0.15, 0.2) is 12.3 Å². The summed E-state index contributed by atoms with van der Waals surface area (Å²) >= 11 is 1.22. The highest BCUT2D eigenvalue weighted by Gasteiger charge is 2.27. The summed E-state index contributed by atoms with van der Waals surface area (Å²) in [7, 11) is 0. The lowest BCUT2D eigenvalue weighted by atomic mass is 9.97. The zero-order chi connectivity index (χ0) is 19.4. The molecule has 2 aromatic rings. The monoisotopic (exact) mass is 391 g/mol. The van der Waals surface area contributed by atoms with Crippen LogP contribution in [0.25, 0.3) is 10.6 Å². The second-order valence-corrected chi connectivity index (χ2v) is 7.06. The maximum absolute atomic E-state index is 13.0. The third-order valence-corrected chi connectivity index (χ3v) is 5.20. The highest BCUT2D eigenvalue weighted by atomic mass is 32.1.